The Balaban J connectivity index is 1.88. The zero-order valence-corrected chi connectivity index (χ0v) is 12.4. The Kier molecular flexibility index (Phi) is 3.95. The maximum absolute atomic E-state index is 12.1. The number of nitriles is 1. The van der Waals surface area contributed by atoms with E-state index in [9.17, 15) is 4.79 Å². The second-order valence-electron chi connectivity index (χ2n) is 4.99. The largest absolute Gasteiger partial charge is 0.454 e. The van der Waals surface area contributed by atoms with Crippen molar-refractivity contribution in [3.05, 3.63) is 76.9 Å². The Morgan fingerprint density at radius 3 is 2.45 bits per heavy atom. The second-order valence-corrected chi connectivity index (χ2v) is 5.37. The molecule has 0 aromatic heterocycles. The lowest BCUT2D eigenvalue weighted by atomic mass is 10.0. The van der Waals surface area contributed by atoms with Gasteiger partial charge in [-0.15, -0.1) is 0 Å². The van der Waals surface area contributed by atoms with Crippen LogP contribution in [-0.4, -0.2) is 5.97 Å². The van der Waals surface area contributed by atoms with Gasteiger partial charge >= 0.3 is 5.97 Å². The van der Waals surface area contributed by atoms with E-state index in [0.29, 0.717) is 22.6 Å². The summed E-state index contributed by atoms with van der Waals surface area (Å²) in [6.45, 7) is 0. The van der Waals surface area contributed by atoms with Gasteiger partial charge in [0.05, 0.1) is 22.2 Å². The molecule has 1 unspecified atom stereocenters. The standard InChI is InChI=1S/C18H12ClNO2/c19-17(14-4-2-1-3-5-14)15-10-16(22-18(15)21)13-8-6-12(11-20)7-9-13/h1-9,16H,10H2/b17-15-. The van der Waals surface area contributed by atoms with Gasteiger partial charge in [0.1, 0.15) is 6.10 Å². The normalized spacial score (nSPS) is 19.5. The Morgan fingerprint density at radius 1 is 1.14 bits per heavy atom. The summed E-state index contributed by atoms with van der Waals surface area (Å²) in [6, 6.07) is 18.4. The molecule has 0 saturated carbocycles. The van der Waals surface area contributed by atoms with Crippen LogP contribution in [-0.2, 0) is 9.53 Å². The Labute approximate surface area is 133 Å². The summed E-state index contributed by atoms with van der Waals surface area (Å²) in [5.74, 6) is -0.386. The Bertz CT molecular complexity index is 773. The maximum atomic E-state index is 12.1. The highest BCUT2D eigenvalue weighted by molar-refractivity contribution is 6.51. The number of rotatable bonds is 2. The van der Waals surface area contributed by atoms with Crippen molar-refractivity contribution in [3.63, 3.8) is 0 Å². The van der Waals surface area contributed by atoms with Crippen molar-refractivity contribution >= 4 is 22.6 Å². The van der Waals surface area contributed by atoms with E-state index in [0.717, 1.165) is 11.1 Å². The van der Waals surface area contributed by atoms with Crippen LogP contribution in [0.15, 0.2) is 60.2 Å². The molecule has 0 bridgehead atoms. The molecule has 0 amide bonds. The molecule has 1 aliphatic heterocycles. The molecule has 2 aromatic rings. The lowest BCUT2D eigenvalue weighted by molar-refractivity contribution is -0.139. The minimum Gasteiger partial charge on any atom is -0.454 e. The highest BCUT2D eigenvalue weighted by Gasteiger charge is 2.32. The number of benzene rings is 2. The first-order chi connectivity index (χ1) is 10.7. The minimum atomic E-state index is -0.386. The second kappa shape index (κ2) is 6.05. The van der Waals surface area contributed by atoms with Crippen molar-refractivity contribution < 1.29 is 9.53 Å². The Hall–Kier alpha value is -2.57. The van der Waals surface area contributed by atoms with Crippen molar-refractivity contribution in [1.29, 1.82) is 5.26 Å². The highest BCUT2D eigenvalue weighted by atomic mass is 35.5. The smallest absolute Gasteiger partial charge is 0.336 e. The van der Waals surface area contributed by atoms with Crippen LogP contribution in [0.3, 0.4) is 0 Å². The molecular weight excluding hydrogens is 298 g/mol. The van der Waals surface area contributed by atoms with Gasteiger partial charge in [-0.1, -0.05) is 54.1 Å². The van der Waals surface area contributed by atoms with E-state index in [4.69, 9.17) is 21.6 Å². The average Bonchev–Trinajstić information content (AvgIpc) is 2.97. The molecule has 0 radical (unpaired) electrons. The molecule has 1 aliphatic rings. The maximum Gasteiger partial charge on any atom is 0.336 e. The molecule has 1 heterocycles. The molecule has 0 spiro atoms. The summed E-state index contributed by atoms with van der Waals surface area (Å²) in [5, 5.41) is 9.25. The summed E-state index contributed by atoms with van der Waals surface area (Å²) >= 11 is 6.34. The van der Waals surface area contributed by atoms with Crippen molar-refractivity contribution in [3.8, 4) is 6.07 Å². The molecule has 2 aromatic carbocycles. The van der Waals surface area contributed by atoms with Gasteiger partial charge < -0.3 is 4.74 Å². The molecule has 1 fully saturated rings. The van der Waals surface area contributed by atoms with Gasteiger partial charge in [-0.25, -0.2) is 4.79 Å². The summed E-state index contributed by atoms with van der Waals surface area (Å²) < 4.78 is 5.41. The van der Waals surface area contributed by atoms with Crippen LogP contribution in [0.25, 0.3) is 5.03 Å². The third-order valence-corrected chi connectivity index (χ3v) is 4.04. The average molecular weight is 310 g/mol. The van der Waals surface area contributed by atoms with Crippen molar-refractivity contribution in [2.45, 2.75) is 12.5 Å². The predicted octanol–water partition coefficient (Wildman–Crippen LogP) is 4.20. The first-order valence-corrected chi connectivity index (χ1v) is 7.22. The highest BCUT2D eigenvalue weighted by Crippen LogP contribution is 2.38. The van der Waals surface area contributed by atoms with Crippen molar-refractivity contribution in [1.82, 2.24) is 0 Å². The summed E-state index contributed by atoms with van der Waals surface area (Å²) in [7, 11) is 0. The molecule has 1 atom stereocenters. The van der Waals surface area contributed by atoms with Crippen LogP contribution < -0.4 is 0 Å². The number of carbonyl (C=O) groups excluding carboxylic acids is 1. The minimum absolute atomic E-state index is 0.354. The number of ether oxygens (including phenoxy) is 1. The van der Waals surface area contributed by atoms with Gasteiger partial charge in [0, 0.05) is 6.42 Å². The monoisotopic (exact) mass is 309 g/mol. The molecule has 22 heavy (non-hydrogen) atoms. The molecule has 3 rings (SSSR count). The number of carbonyl (C=O) groups is 1. The molecular formula is C18H12ClNO2. The summed E-state index contributed by atoms with van der Waals surface area (Å²) in [5.41, 5.74) is 2.73. The van der Waals surface area contributed by atoms with E-state index in [1.165, 1.54) is 0 Å². The number of halogens is 1. The fourth-order valence-corrected chi connectivity index (χ4v) is 2.69. The topological polar surface area (TPSA) is 50.1 Å². The zero-order valence-electron chi connectivity index (χ0n) is 11.6. The third-order valence-electron chi connectivity index (χ3n) is 3.59. The van der Waals surface area contributed by atoms with Gasteiger partial charge in [0.25, 0.3) is 0 Å². The molecule has 3 nitrogen and oxygen atoms in total. The van der Waals surface area contributed by atoms with Gasteiger partial charge in [0.15, 0.2) is 0 Å². The molecule has 108 valence electrons. The lowest BCUT2D eigenvalue weighted by Crippen LogP contribution is -1.99. The number of hydrogen-bond donors (Lipinski definition) is 0. The molecule has 4 heteroatoms. The van der Waals surface area contributed by atoms with E-state index in [1.54, 1.807) is 24.3 Å². The van der Waals surface area contributed by atoms with E-state index in [2.05, 4.69) is 6.07 Å². The van der Waals surface area contributed by atoms with Crippen LogP contribution in [0.4, 0.5) is 0 Å². The van der Waals surface area contributed by atoms with E-state index >= 15 is 0 Å². The third kappa shape index (κ3) is 2.74. The van der Waals surface area contributed by atoms with Crippen LogP contribution in [0.5, 0.6) is 0 Å². The quantitative estimate of drug-likeness (QED) is 0.617. The molecule has 1 saturated heterocycles. The summed E-state index contributed by atoms with van der Waals surface area (Å²) in [4.78, 5) is 12.1. The fraction of sp³-hybridized carbons (Fsp3) is 0.111. The summed E-state index contributed by atoms with van der Waals surface area (Å²) in [6.07, 6.45) is 0.0751. The molecule has 0 aliphatic carbocycles. The van der Waals surface area contributed by atoms with Gasteiger partial charge in [-0.3, -0.25) is 0 Å². The van der Waals surface area contributed by atoms with Crippen LogP contribution in [0.1, 0.15) is 29.2 Å². The van der Waals surface area contributed by atoms with E-state index < -0.39 is 0 Å². The predicted molar refractivity (Wildman–Crippen MR) is 83.8 cm³/mol. The van der Waals surface area contributed by atoms with Crippen LogP contribution in [0.2, 0.25) is 0 Å². The number of hydrogen-bond acceptors (Lipinski definition) is 3. The van der Waals surface area contributed by atoms with Crippen LogP contribution in [0, 0.1) is 11.3 Å². The van der Waals surface area contributed by atoms with E-state index in [-0.39, 0.29) is 12.1 Å². The zero-order chi connectivity index (χ0) is 15.5. The van der Waals surface area contributed by atoms with Crippen molar-refractivity contribution in [2.24, 2.45) is 0 Å². The number of esters is 1. The van der Waals surface area contributed by atoms with E-state index in [1.807, 2.05) is 30.3 Å². The SMILES string of the molecule is N#Cc1ccc(C2C/C(=C(/Cl)c3ccccc3)C(=O)O2)cc1. The lowest BCUT2D eigenvalue weighted by Gasteiger charge is -2.08. The molecule has 0 N–H and O–H groups in total. The number of nitrogens with zero attached hydrogens (tertiary/aromatic N) is 1. The van der Waals surface area contributed by atoms with Crippen molar-refractivity contribution in [2.75, 3.05) is 0 Å². The first-order valence-electron chi connectivity index (χ1n) is 6.84. The first kappa shape index (κ1) is 14.4. The fourth-order valence-electron chi connectivity index (χ4n) is 2.41. The number of cyclic esters (lactones) is 1. The Morgan fingerprint density at radius 2 is 1.82 bits per heavy atom. The van der Waals surface area contributed by atoms with Crippen LogP contribution >= 0.6 is 11.6 Å². The van der Waals surface area contributed by atoms with Gasteiger partial charge in [-0.05, 0) is 23.3 Å². The van der Waals surface area contributed by atoms with Gasteiger partial charge in [0.2, 0.25) is 0 Å². The van der Waals surface area contributed by atoms with Gasteiger partial charge in [-0.2, -0.15) is 5.26 Å².